The number of fused-ring (bicyclic) bond motifs is 4. The van der Waals surface area contributed by atoms with Crippen LogP contribution in [0.4, 0.5) is 0 Å². The van der Waals surface area contributed by atoms with Crippen LogP contribution in [0.2, 0.25) is 0 Å². The highest BCUT2D eigenvalue weighted by Crippen LogP contribution is 2.34. The first-order valence-electron chi connectivity index (χ1n) is 8.78. The summed E-state index contributed by atoms with van der Waals surface area (Å²) in [5, 5.41) is 0. The van der Waals surface area contributed by atoms with Gasteiger partial charge in [-0.25, -0.2) is 0 Å². The van der Waals surface area contributed by atoms with Gasteiger partial charge in [0.15, 0.2) is 0 Å². The minimum Gasteiger partial charge on any atom is -0.340 e. The average molecular weight is 332 g/mol. The Kier molecular flexibility index (Phi) is 3.92. The highest BCUT2D eigenvalue weighted by molar-refractivity contribution is 7.13. The van der Waals surface area contributed by atoms with Crippen molar-refractivity contribution in [2.45, 2.75) is 45.1 Å². The molecule has 0 spiro atoms. The number of hydrogen-bond donors (Lipinski definition) is 0. The molecule has 0 N–H and O–H groups in total. The molecule has 3 aliphatic heterocycles. The second-order valence-corrected chi connectivity index (χ2v) is 8.62. The fourth-order valence-electron chi connectivity index (χ4n) is 4.12. The third-order valence-electron chi connectivity index (χ3n) is 5.69. The quantitative estimate of drug-likeness (QED) is 0.835. The van der Waals surface area contributed by atoms with Crippen molar-refractivity contribution in [3.8, 4) is 0 Å². The van der Waals surface area contributed by atoms with Gasteiger partial charge in [-0.1, -0.05) is 6.42 Å². The molecule has 4 fully saturated rings. The zero-order valence-electron chi connectivity index (χ0n) is 13.7. The second-order valence-electron chi connectivity index (χ2n) is 7.34. The van der Waals surface area contributed by atoms with E-state index in [4.69, 9.17) is 0 Å². The Bertz CT molecular complexity index is 622. The van der Waals surface area contributed by atoms with Crippen molar-refractivity contribution >= 4 is 23.2 Å². The van der Waals surface area contributed by atoms with Crippen LogP contribution in [0.15, 0.2) is 12.1 Å². The van der Waals surface area contributed by atoms with E-state index in [1.165, 1.54) is 11.3 Å². The molecule has 23 heavy (non-hydrogen) atoms. The summed E-state index contributed by atoms with van der Waals surface area (Å²) in [6.45, 7) is 4.44. The molecule has 4 heterocycles. The van der Waals surface area contributed by atoms with Crippen molar-refractivity contribution in [1.29, 1.82) is 0 Å². The zero-order chi connectivity index (χ0) is 16.0. The molecule has 5 heteroatoms. The van der Waals surface area contributed by atoms with Crippen LogP contribution in [0.5, 0.6) is 0 Å². The summed E-state index contributed by atoms with van der Waals surface area (Å²) in [6.07, 6.45) is 5.49. The van der Waals surface area contributed by atoms with Crippen molar-refractivity contribution in [3.63, 3.8) is 0 Å². The fourth-order valence-corrected chi connectivity index (χ4v) is 4.94. The van der Waals surface area contributed by atoms with E-state index < -0.39 is 0 Å². The van der Waals surface area contributed by atoms with Gasteiger partial charge in [-0.2, -0.15) is 0 Å². The molecule has 1 aliphatic carbocycles. The maximum atomic E-state index is 12.9. The highest BCUT2D eigenvalue weighted by Gasteiger charge is 2.41. The van der Waals surface area contributed by atoms with Gasteiger partial charge in [-0.3, -0.25) is 9.59 Å². The Hall–Kier alpha value is -1.36. The maximum Gasteiger partial charge on any atom is 0.264 e. The van der Waals surface area contributed by atoms with Crippen LogP contribution in [0.1, 0.15) is 46.7 Å². The molecule has 5 rings (SSSR count). The number of aryl methyl sites for hydroxylation is 1. The number of thiophene rings is 1. The van der Waals surface area contributed by atoms with Crippen LogP contribution in [-0.2, 0) is 4.79 Å². The molecule has 4 nitrogen and oxygen atoms in total. The van der Waals surface area contributed by atoms with Crippen LogP contribution >= 0.6 is 11.3 Å². The Morgan fingerprint density at radius 2 is 1.91 bits per heavy atom. The van der Waals surface area contributed by atoms with Crippen molar-refractivity contribution in [2.24, 2.45) is 11.8 Å². The molecular formula is C18H24N2O2S. The van der Waals surface area contributed by atoms with Crippen molar-refractivity contribution in [1.82, 2.24) is 9.80 Å². The molecular weight excluding hydrogens is 308 g/mol. The second kappa shape index (κ2) is 5.93. The Labute approximate surface area is 141 Å². The van der Waals surface area contributed by atoms with Gasteiger partial charge in [0.1, 0.15) is 0 Å². The first-order chi connectivity index (χ1) is 11.1. The summed E-state index contributed by atoms with van der Waals surface area (Å²) in [4.78, 5) is 31.6. The average Bonchev–Trinajstić information content (AvgIpc) is 2.72. The van der Waals surface area contributed by atoms with E-state index in [-0.39, 0.29) is 17.9 Å². The highest BCUT2D eigenvalue weighted by atomic mass is 32.1. The Morgan fingerprint density at radius 3 is 2.57 bits per heavy atom. The summed E-state index contributed by atoms with van der Waals surface area (Å²) < 4.78 is 0. The normalized spacial score (nSPS) is 27.7. The van der Waals surface area contributed by atoms with Gasteiger partial charge in [0.25, 0.3) is 5.91 Å². The molecule has 0 unspecified atom stereocenters. The van der Waals surface area contributed by atoms with Gasteiger partial charge in [0.05, 0.1) is 4.88 Å². The van der Waals surface area contributed by atoms with Crippen LogP contribution in [0.25, 0.3) is 0 Å². The Balaban J connectivity index is 1.51. The van der Waals surface area contributed by atoms with E-state index in [1.54, 1.807) is 11.3 Å². The van der Waals surface area contributed by atoms with E-state index in [0.717, 1.165) is 50.2 Å². The summed E-state index contributed by atoms with van der Waals surface area (Å²) in [6, 6.07) is 4.16. The van der Waals surface area contributed by atoms with Crippen molar-refractivity contribution < 1.29 is 9.59 Å². The fraction of sp³-hybridized carbons (Fsp3) is 0.667. The predicted molar refractivity (Wildman–Crippen MR) is 90.5 cm³/mol. The van der Waals surface area contributed by atoms with E-state index in [0.29, 0.717) is 11.8 Å². The number of nitrogens with zero attached hydrogens (tertiary/aromatic N) is 2. The van der Waals surface area contributed by atoms with Crippen LogP contribution in [-0.4, -0.2) is 47.3 Å². The van der Waals surface area contributed by atoms with Gasteiger partial charge in [0.2, 0.25) is 5.91 Å². The van der Waals surface area contributed by atoms with Crippen molar-refractivity contribution in [3.05, 3.63) is 21.9 Å². The molecule has 1 aromatic rings. The molecule has 0 aromatic carbocycles. The van der Waals surface area contributed by atoms with E-state index in [9.17, 15) is 9.59 Å². The number of amides is 2. The van der Waals surface area contributed by atoms with Crippen molar-refractivity contribution in [2.75, 3.05) is 19.6 Å². The first kappa shape index (κ1) is 15.2. The van der Waals surface area contributed by atoms with E-state index >= 15 is 0 Å². The van der Waals surface area contributed by atoms with Gasteiger partial charge in [-0.15, -0.1) is 11.3 Å². The molecule has 2 amide bonds. The largest absolute Gasteiger partial charge is 0.340 e. The maximum absolute atomic E-state index is 12.9. The predicted octanol–water partition coefficient (Wildman–Crippen LogP) is 2.92. The number of carbonyl (C=O) groups excluding carboxylic acids is 2. The SMILES string of the molecule is Cc1ccc(C(=O)N2C[C@H]3CC[C@@H]2CN(C(=O)C2CCC2)C3)s1. The lowest BCUT2D eigenvalue weighted by Crippen LogP contribution is -2.48. The van der Waals surface area contributed by atoms with E-state index in [2.05, 4.69) is 4.90 Å². The first-order valence-corrected chi connectivity index (χ1v) is 9.59. The lowest BCUT2D eigenvalue weighted by molar-refractivity contribution is -0.138. The third kappa shape index (κ3) is 2.80. The summed E-state index contributed by atoms with van der Waals surface area (Å²) >= 11 is 1.58. The molecule has 4 aliphatic rings. The summed E-state index contributed by atoms with van der Waals surface area (Å²) in [5.41, 5.74) is 0. The minimum atomic E-state index is 0.163. The lowest BCUT2D eigenvalue weighted by atomic mass is 9.84. The van der Waals surface area contributed by atoms with Gasteiger partial charge in [-0.05, 0) is 50.7 Å². The van der Waals surface area contributed by atoms with Gasteiger partial charge in [0, 0.05) is 36.5 Å². The molecule has 1 aromatic heterocycles. The van der Waals surface area contributed by atoms with Crippen LogP contribution in [0.3, 0.4) is 0 Å². The van der Waals surface area contributed by atoms with Gasteiger partial charge < -0.3 is 9.80 Å². The number of piperidine rings is 1. The Morgan fingerprint density at radius 1 is 1.09 bits per heavy atom. The molecule has 2 bridgehead atoms. The molecule has 0 radical (unpaired) electrons. The molecule has 2 atom stereocenters. The molecule has 1 saturated carbocycles. The molecule has 3 saturated heterocycles. The summed E-state index contributed by atoms with van der Waals surface area (Å²) in [5.74, 6) is 1.21. The van der Waals surface area contributed by atoms with Crippen LogP contribution in [0, 0.1) is 18.8 Å². The zero-order valence-corrected chi connectivity index (χ0v) is 14.5. The minimum absolute atomic E-state index is 0.163. The standard InChI is InChI=1S/C18H24N2O2S/c1-12-5-8-16(23-12)18(22)20-10-13-6-7-15(20)11-19(9-13)17(21)14-3-2-4-14/h5,8,13-15H,2-4,6-7,9-11H2,1H3/t13-,15+/m0/s1. The van der Waals surface area contributed by atoms with E-state index in [1.807, 2.05) is 24.0 Å². The topological polar surface area (TPSA) is 40.6 Å². The number of hydrogen-bond acceptors (Lipinski definition) is 3. The third-order valence-corrected chi connectivity index (χ3v) is 6.68. The van der Waals surface area contributed by atoms with Gasteiger partial charge >= 0.3 is 0 Å². The number of carbonyl (C=O) groups is 2. The molecule has 124 valence electrons. The van der Waals surface area contributed by atoms with Crippen LogP contribution < -0.4 is 0 Å². The monoisotopic (exact) mass is 332 g/mol. The summed E-state index contributed by atoms with van der Waals surface area (Å²) in [7, 11) is 0. The number of rotatable bonds is 2. The smallest absolute Gasteiger partial charge is 0.264 e. The lowest BCUT2D eigenvalue weighted by Gasteiger charge is -2.36.